The first-order valence-electron chi connectivity index (χ1n) is 9.84. The highest BCUT2D eigenvalue weighted by atomic mass is 32.2. The fraction of sp³-hybridized carbons (Fsp3) is 0.391. The molecule has 2 aromatic carbocycles. The number of thioether (sulfide) groups is 1. The van der Waals surface area contributed by atoms with Crippen LogP contribution in [0.5, 0.6) is 17.2 Å². The molecule has 0 aromatic heterocycles. The van der Waals surface area contributed by atoms with Gasteiger partial charge in [-0.05, 0) is 68.0 Å². The molecule has 2 heterocycles. The van der Waals surface area contributed by atoms with Gasteiger partial charge in [0.25, 0.3) is 5.24 Å². The van der Waals surface area contributed by atoms with Crippen LogP contribution in [-0.2, 0) is 23.2 Å². The normalized spacial score (nSPS) is 22.6. The Morgan fingerprint density at radius 3 is 2.60 bits per heavy atom. The number of fused-ring (bicyclic) bond motifs is 1. The molecule has 0 spiro atoms. The van der Waals surface area contributed by atoms with Gasteiger partial charge >= 0.3 is 0 Å². The second-order valence-electron chi connectivity index (χ2n) is 8.15. The Morgan fingerprint density at radius 2 is 1.97 bits per heavy atom. The molecule has 7 heteroatoms. The van der Waals surface area contributed by atoms with E-state index in [0.717, 1.165) is 50.9 Å². The second-order valence-corrected chi connectivity index (χ2v) is 9.33. The summed E-state index contributed by atoms with van der Waals surface area (Å²) in [7, 11) is 1.60. The van der Waals surface area contributed by atoms with Crippen molar-refractivity contribution < 1.29 is 24.2 Å². The first-order valence-corrected chi connectivity index (χ1v) is 10.7. The summed E-state index contributed by atoms with van der Waals surface area (Å²) in [6.07, 6.45) is 1.05. The Labute approximate surface area is 180 Å². The van der Waals surface area contributed by atoms with Crippen LogP contribution in [0.3, 0.4) is 0 Å². The highest BCUT2D eigenvalue weighted by molar-refractivity contribution is 8.15. The molecular weight excluding hydrogens is 402 g/mol. The standard InChI is InChI=1S/C23H25NO5S/c1-11-12(2)20-16(13(3)19(11)25)10-23(4,29-20)15-7-6-14(17(9-15)28-5)8-18-21(26)24-22(27)30-18/h6-7,9,18,25H,8,10H2,1-5H3,(H,24,26,27). The number of nitrogens with one attached hydrogen (secondary N) is 1. The number of phenols is 1. The predicted molar refractivity (Wildman–Crippen MR) is 116 cm³/mol. The van der Waals surface area contributed by atoms with Gasteiger partial charge in [0.05, 0.1) is 12.4 Å². The van der Waals surface area contributed by atoms with Gasteiger partial charge in [0.2, 0.25) is 5.91 Å². The van der Waals surface area contributed by atoms with Gasteiger partial charge in [-0.2, -0.15) is 0 Å². The summed E-state index contributed by atoms with van der Waals surface area (Å²) in [4.78, 5) is 23.4. The average Bonchev–Trinajstić information content (AvgIpc) is 3.24. The van der Waals surface area contributed by atoms with Crippen LogP contribution in [0.25, 0.3) is 0 Å². The Kier molecular flexibility index (Phi) is 4.97. The molecule has 6 nitrogen and oxygen atoms in total. The maximum absolute atomic E-state index is 11.9. The monoisotopic (exact) mass is 427 g/mol. The third kappa shape index (κ3) is 3.21. The summed E-state index contributed by atoms with van der Waals surface area (Å²) in [6.45, 7) is 7.82. The molecule has 0 radical (unpaired) electrons. The maximum Gasteiger partial charge on any atom is 0.286 e. The van der Waals surface area contributed by atoms with Crippen molar-refractivity contribution in [3.8, 4) is 17.2 Å². The van der Waals surface area contributed by atoms with Gasteiger partial charge in [0.15, 0.2) is 0 Å². The van der Waals surface area contributed by atoms with Crippen molar-refractivity contribution in [1.29, 1.82) is 0 Å². The number of benzene rings is 2. The first-order chi connectivity index (χ1) is 14.1. The number of carbonyl (C=O) groups is 2. The summed E-state index contributed by atoms with van der Waals surface area (Å²) >= 11 is 1.01. The summed E-state index contributed by atoms with van der Waals surface area (Å²) in [5.74, 6) is 1.56. The van der Waals surface area contributed by atoms with Gasteiger partial charge in [0.1, 0.15) is 22.8 Å². The average molecular weight is 428 g/mol. The van der Waals surface area contributed by atoms with Gasteiger partial charge in [-0.15, -0.1) is 0 Å². The molecular formula is C23H25NO5S. The van der Waals surface area contributed by atoms with E-state index in [2.05, 4.69) is 5.32 Å². The van der Waals surface area contributed by atoms with Crippen LogP contribution in [0.4, 0.5) is 4.79 Å². The lowest BCUT2D eigenvalue weighted by Crippen LogP contribution is -2.28. The van der Waals surface area contributed by atoms with Crippen LogP contribution < -0.4 is 14.8 Å². The van der Waals surface area contributed by atoms with E-state index in [1.807, 2.05) is 45.9 Å². The highest BCUT2D eigenvalue weighted by Gasteiger charge is 2.40. The molecule has 2 aromatic rings. The number of methoxy groups -OCH3 is 1. The van der Waals surface area contributed by atoms with E-state index in [4.69, 9.17) is 9.47 Å². The molecule has 2 amide bonds. The molecule has 1 fully saturated rings. The van der Waals surface area contributed by atoms with Crippen LogP contribution in [0.2, 0.25) is 0 Å². The van der Waals surface area contributed by atoms with Gasteiger partial charge in [-0.1, -0.05) is 23.9 Å². The molecule has 2 N–H and O–H groups in total. The van der Waals surface area contributed by atoms with Crippen LogP contribution >= 0.6 is 11.8 Å². The number of hydrogen-bond acceptors (Lipinski definition) is 6. The molecule has 158 valence electrons. The number of phenolic OH excluding ortho intramolecular Hbond substituents is 1. The fourth-order valence-corrected chi connectivity index (χ4v) is 5.10. The van der Waals surface area contributed by atoms with Crippen molar-refractivity contribution >= 4 is 22.9 Å². The van der Waals surface area contributed by atoms with E-state index in [9.17, 15) is 14.7 Å². The number of rotatable bonds is 4. The van der Waals surface area contributed by atoms with Crippen LogP contribution in [0.1, 0.15) is 40.3 Å². The predicted octanol–water partition coefficient (Wildman–Crippen LogP) is 4.07. The number of ether oxygens (including phenoxy) is 2. The molecule has 0 saturated carbocycles. The highest BCUT2D eigenvalue weighted by Crippen LogP contribution is 2.48. The number of amides is 2. The largest absolute Gasteiger partial charge is 0.507 e. The Hall–Kier alpha value is -2.67. The molecule has 4 rings (SSSR count). The van der Waals surface area contributed by atoms with E-state index in [-0.39, 0.29) is 11.1 Å². The van der Waals surface area contributed by atoms with E-state index < -0.39 is 10.9 Å². The molecule has 2 aliphatic rings. The molecule has 1 saturated heterocycles. The lowest BCUT2D eigenvalue weighted by molar-refractivity contribution is -0.118. The zero-order valence-corrected chi connectivity index (χ0v) is 18.5. The number of carbonyl (C=O) groups excluding carboxylic acids is 2. The van der Waals surface area contributed by atoms with Gasteiger partial charge in [-0.3, -0.25) is 14.9 Å². The molecule has 2 aliphatic heterocycles. The maximum atomic E-state index is 11.9. The minimum Gasteiger partial charge on any atom is -0.507 e. The van der Waals surface area contributed by atoms with Gasteiger partial charge in [0, 0.05) is 12.0 Å². The molecule has 2 unspecified atom stereocenters. The zero-order chi connectivity index (χ0) is 21.8. The summed E-state index contributed by atoms with van der Waals surface area (Å²) in [6, 6.07) is 5.86. The quantitative estimate of drug-likeness (QED) is 0.765. The van der Waals surface area contributed by atoms with Crippen LogP contribution in [0, 0.1) is 20.8 Å². The zero-order valence-electron chi connectivity index (χ0n) is 17.7. The van der Waals surface area contributed by atoms with Crippen molar-refractivity contribution in [3.05, 3.63) is 51.6 Å². The fourth-order valence-electron chi connectivity index (χ4n) is 4.25. The third-order valence-electron chi connectivity index (χ3n) is 6.25. The van der Waals surface area contributed by atoms with Crippen LogP contribution in [0.15, 0.2) is 18.2 Å². The van der Waals surface area contributed by atoms with Crippen molar-refractivity contribution in [1.82, 2.24) is 5.32 Å². The first kappa shape index (κ1) is 20.6. The number of imide groups is 1. The SMILES string of the molecule is COc1cc(C2(C)Cc3c(C)c(O)c(C)c(C)c3O2)ccc1CC1SC(=O)NC1=O. The summed E-state index contributed by atoms with van der Waals surface area (Å²) in [5.41, 5.74) is 4.89. The number of hydrogen-bond donors (Lipinski definition) is 2. The summed E-state index contributed by atoms with van der Waals surface area (Å²) in [5, 5.41) is 12.0. The van der Waals surface area contributed by atoms with Crippen molar-refractivity contribution in [2.24, 2.45) is 0 Å². The van der Waals surface area contributed by atoms with Gasteiger partial charge in [-0.25, -0.2) is 0 Å². The van der Waals surface area contributed by atoms with E-state index in [1.165, 1.54) is 0 Å². The molecule has 30 heavy (non-hydrogen) atoms. The van der Waals surface area contributed by atoms with E-state index in [0.29, 0.717) is 24.3 Å². The topological polar surface area (TPSA) is 84.9 Å². The van der Waals surface area contributed by atoms with Gasteiger partial charge < -0.3 is 14.6 Å². The minimum absolute atomic E-state index is 0.265. The van der Waals surface area contributed by atoms with Crippen LogP contribution in [-0.4, -0.2) is 28.6 Å². The smallest absolute Gasteiger partial charge is 0.286 e. The third-order valence-corrected chi connectivity index (χ3v) is 7.23. The van der Waals surface area contributed by atoms with E-state index in [1.54, 1.807) is 7.11 Å². The number of aromatic hydroxyl groups is 1. The second kappa shape index (κ2) is 7.23. The molecule has 0 aliphatic carbocycles. The molecule has 0 bridgehead atoms. The lowest BCUT2D eigenvalue weighted by atomic mass is 9.87. The summed E-state index contributed by atoms with van der Waals surface area (Å²) < 4.78 is 12.1. The Balaban J connectivity index is 1.66. The Morgan fingerprint density at radius 1 is 1.23 bits per heavy atom. The van der Waals surface area contributed by atoms with E-state index >= 15 is 0 Å². The lowest BCUT2D eigenvalue weighted by Gasteiger charge is -2.26. The molecule has 2 atom stereocenters. The van der Waals surface area contributed by atoms with Crippen molar-refractivity contribution in [3.63, 3.8) is 0 Å². The van der Waals surface area contributed by atoms with Crippen molar-refractivity contribution in [2.75, 3.05) is 7.11 Å². The minimum atomic E-state index is -0.598. The van der Waals surface area contributed by atoms with Crippen molar-refractivity contribution in [2.45, 2.75) is 51.4 Å². The Bertz CT molecular complexity index is 1040.